The molecule has 1 aromatic carbocycles. The number of hydrogen-bond acceptors (Lipinski definition) is 3. The zero-order valence-electron chi connectivity index (χ0n) is 10.9. The molecule has 0 saturated heterocycles. The normalized spacial score (nSPS) is 10.1. The third-order valence-electron chi connectivity index (χ3n) is 2.58. The number of carboxylic acid groups (broad SMARTS) is 1. The Labute approximate surface area is 117 Å². The number of benzene rings is 1. The third-order valence-corrected chi connectivity index (χ3v) is 2.89. The van der Waals surface area contributed by atoms with Gasteiger partial charge in [0.05, 0.1) is 17.1 Å². The number of hydrogen-bond donors (Lipinski definition) is 2. The fraction of sp³-hybridized carbons (Fsp3) is 0.385. The van der Waals surface area contributed by atoms with Gasteiger partial charge in [-0.05, 0) is 24.6 Å². The number of likely N-dealkylation sites (N-methyl/N-ethyl adjacent to an activating group) is 1. The van der Waals surface area contributed by atoms with E-state index in [2.05, 4.69) is 5.32 Å². The SMILES string of the molecule is CCCNC(=O)CN(C)c1ccc(C(=O)O)c(Cl)c1. The van der Waals surface area contributed by atoms with Crippen LogP contribution in [0.4, 0.5) is 5.69 Å². The first kappa shape index (κ1) is 15.3. The molecule has 2 N–H and O–H groups in total. The van der Waals surface area contributed by atoms with E-state index in [1.807, 2.05) is 6.92 Å². The lowest BCUT2D eigenvalue weighted by atomic mass is 10.2. The lowest BCUT2D eigenvalue weighted by Gasteiger charge is -2.19. The van der Waals surface area contributed by atoms with E-state index in [0.717, 1.165) is 6.42 Å². The third kappa shape index (κ3) is 4.44. The van der Waals surface area contributed by atoms with Gasteiger partial charge >= 0.3 is 5.97 Å². The van der Waals surface area contributed by atoms with Crippen LogP contribution in [-0.4, -0.2) is 37.1 Å². The monoisotopic (exact) mass is 284 g/mol. The Morgan fingerprint density at radius 2 is 2.11 bits per heavy atom. The maximum atomic E-state index is 11.6. The van der Waals surface area contributed by atoms with Gasteiger partial charge in [-0.1, -0.05) is 18.5 Å². The number of rotatable bonds is 6. The lowest BCUT2D eigenvalue weighted by molar-refractivity contribution is -0.119. The maximum Gasteiger partial charge on any atom is 0.337 e. The average Bonchev–Trinajstić information content (AvgIpc) is 2.35. The zero-order chi connectivity index (χ0) is 14.4. The molecule has 0 radical (unpaired) electrons. The Morgan fingerprint density at radius 3 is 2.63 bits per heavy atom. The molecule has 0 aromatic heterocycles. The molecule has 5 nitrogen and oxygen atoms in total. The van der Waals surface area contributed by atoms with E-state index >= 15 is 0 Å². The van der Waals surface area contributed by atoms with Crippen molar-refractivity contribution in [2.45, 2.75) is 13.3 Å². The fourth-order valence-electron chi connectivity index (χ4n) is 1.54. The summed E-state index contributed by atoms with van der Waals surface area (Å²) in [5.41, 5.74) is 0.746. The molecule has 1 aromatic rings. The van der Waals surface area contributed by atoms with Gasteiger partial charge in [-0.15, -0.1) is 0 Å². The van der Waals surface area contributed by atoms with Gasteiger partial charge in [-0.25, -0.2) is 4.79 Å². The van der Waals surface area contributed by atoms with Crippen molar-refractivity contribution in [1.29, 1.82) is 0 Å². The first-order valence-corrected chi connectivity index (χ1v) is 6.34. The van der Waals surface area contributed by atoms with Crippen LogP contribution in [0.3, 0.4) is 0 Å². The summed E-state index contributed by atoms with van der Waals surface area (Å²) in [6.45, 7) is 2.82. The summed E-state index contributed by atoms with van der Waals surface area (Å²) < 4.78 is 0. The second kappa shape index (κ2) is 6.99. The molecule has 0 aliphatic rings. The molecule has 0 atom stereocenters. The molecule has 6 heteroatoms. The van der Waals surface area contributed by atoms with Gasteiger partial charge < -0.3 is 15.3 Å². The van der Waals surface area contributed by atoms with Gasteiger partial charge in [0.15, 0.2) is 0 Å². The fourth-order valence-corrected chi connectivity index (χ4v) is 1.80. The van der Waals surface area contributed by atoms with E-state index < -0.39 is 5.97 Å². The first-order valence-electron chi connectivity index (χ1n) is 5.96. The van der Waals surface area contributed by atoms with Crippen LogP contribution in [0.25, 0.3) is 0 Å². The molecular weight excluding hydrogens is 268 g/mol. The summed E-state index contributed by atoms with van der Waals surface area (Å²) in [5.74, 6) is -1.15. The number of nitrogens with one attached hydrogen (secondary N) is 1. The highest BCUT2D eigenvalue weighted by Crippen LogP contribution is 2.23. The smallest absolute Gasteiger partial charge is 0.337 e. The van der Waals surface area contributed by atoms with E-state index in [4.69, 9.17) is 16.7 Å². The van der Waals surface area contributed by atoms with Crippen LogP contribution in [0.2, 0.25) is 5.02 Å². The minimum absolute atomic E-state index is 0.0502. The Bertz CT molecular complexity index is 477. The molecule has 19 heavy (non-hydrogen) atoms. The molecule has 0 unspecified atom stereocenters. The summed E-state index contributed by atoms with van der Waals surface area (Å²) in [4.78, 5) is 24.1. The van der Waals surface area contributed by atoms with Crippen molar-refractivity contribution in [1.82, 2.24) is 5.32 Å². The van der Waals surface area contributed by atoms with Crippen LogP contribution < -0.4 is 10.2 Å². The largest absolute Gasteiger partial charge is 0.478 e. The van der Waals surface area contributed by atoms with E-state index in [9.17, 15) is 9.59 Å². The molecule has 0 bridgehead atoms. The number of carbonyl (C=O) groups excluding carboxylic acids is 1. The number of nitrogens with zero attached hydrogens (tertiary/aromatic N) is 1. The zero-order valence-corrected chi connectivity index (χ0v) is 11.7. The summed E-state index contributed by atoms with van der Waals surface area (Å²) in [5, 5.41) is 11.8. The van der Waals surface area contributed by atoms with Crippen LogP contribution >= 0.6 is 11.6 Å². The summed E-state index contributed by atoms with van der Waals surface area (Å²) in [7, 11) is 1.75. The highest BCUT2D eigenvalue weighted by Gasteiger charge is 2.12. The minimum Gasteiger partial charge on any atom is -0.478 e. The van der Waals surface area contributed by atoms with E-state index in [0.29, 0.717) is 12.2 Å². The van der Waals surface area contributed by atoms with Crippen LogP contribution in [0.5, 0.6) is 0 Å². The van der Waals surface area contributed by atoms with Crippen LogP contribution in [0.15, 0.2) is 18.2 Å². The Morgan fingerprint density at radius 1 is 1.42 bits per heavy atom. The molecule has 0 spiro atoms. The van der Waals surface area contributed by atoms with Crippen molar-refractivity contribution >= 4 is 29.2 Å². The highest BCUT2D eigenvalue weighted by atomic mass is 35.5. The molecule has 1 amide bonds. The summed E-state index contributed by atoms with van der Waals surface area (Å²) in [6.07, 6.45) is 0.884. The maximum absolute atomic E-state index is 11.6. The van der Waals surface area contributed by atoms with Crippen molar-refractivity contribution < 1.29 is 14.7 Å². The van der Waals surface area contributed by atoms with Crippen LogP contribution in [0, 0.1) is 0 Å². The van der Waals surface area contributed by atoms with Crippen molar-refractivity contribution in [3.63, 3.8) is 0 Å². The molecule has 0 aliphatic carbocycles. The van der Waals surface area contributed by atoms with Crippen molar-refractivity contribution in [3.8, 4) is 0 Å². The second-order valence-corrected chi connectivity index (χ2v) is 4.58. The molecular formula is C13H17ClN2O3. The first-order chi connectivity index (χ1) is 8.95. The van der Waals surface area contributed by atoms with Gasteiger partial charge in [-0.2, -0.15) is 0 Å². The minimum atomic E-state index is -1.07. The number of carboxylic acids is 1. The van der Waals surface area contributed by atoms with Gasteiger partial charge in [0, 0.05) is 19.3 Å². The van der Waals surface area contributed by atoms with Crippen LogP contribution in [0.1, 0.15) is 23.7 Å². The lowest BCUT2D eigenvalue weighted by Crippen LogP contribution is -2.35. The van der Waals surface area contributed by atoms with E-state index in [1.54, 1.807) is 18.0 Å². The summed E-state index contributed by atoms with van der Waals surface area (Å²) >= 11 is 5.88. The van der Waals surface area contributed by atoms with Gasteiger partial charge in [0.2, 0.25) is 5.91 Å². The van der Waals surface area contributed by atoms with Gasteiger partial charge in [0.25, 0.3) is 0 Å². The number of halogens is 1. The Balaban J connectivity index is 2.72. The average molecular weight is 285 g/mol. The highest BCUT2D eigenvalue weighted by molar-refractivity contribution is 6.33. The number of amides is 1. The van der Waals surface area contributed by atoms with Crippen LogP contribution in [-0.2, 0) is 4.79 Å². The Hall–Kier alpha value is -1.75. The quantitative estimate of drug-likeness (QED) is 0.838. The number of aromatic carboxylic acids is 1. The molecule has 104 valence electrons. The summed E-state index contributed by atoms with van der Waals surface area (Å²) in [6, 6.07) is 4.60. The molecule has 0 fully saturated rings. The Kier molecular flexibility index (Phi) is 5.63. The molecule has 0 aliphatic heterocycles. The predicted molar refractivity (Wildman–Crippen MR) is 75.0 cm³/mol. The molecule has 0 heterocycles. The predicted octanol–water partition coefficient (Wildman–Crippen LogP) is 2.00. The van der Waals surface area contributed by atoms with Gasteiger partial charge in [-0.3, -0.25) is 4.79 Å². The second-order valence-electron chi connectivity index (χ2n) is 4.18. The number of carbonyl (C=O) groups is 2. The standard InChI is InChI=1S/C13H17ClN2O3/c1-3-6-15-12(17)8-16(2)9-4-5-10(13(18)19)11(14)7-9/h4-5,7H,3,6,8H2,1-2H3,(H,15,17)(H,18,19). The topological polar surface area (TPSA) is 69.6 Å². The van der Waals surface area contributed by atoms with Crippen molar-refractivity contribution in [2.24, 2.45) is 0 Å². The number of anilines is 1. The molecule has 1 rings (SSSR count). The van der Waals surface area contributed by atoms with Gasteiger partial charge in [0.1, 0.15) is 0 Å². The van der Waals surface area contributed by atoms with E-state index in [-0.39, 0.29) is 23.0 Å². The van der Waals surface area contributed by atoms with Crippen molar-refractivity contribution in [2.75, 3.05) is 25.0 Å². The molecule has 0 saturated carbocycles. The van der Waals surface area contributed by atoms with Crippen molar-refractivity contribution in [3.05, 3.63) is 28.8 Å². The van der Waals surface area contributed by atoms with E-state index in [1.165, 1.54) is 12.1 Å².